The van der Waals surface area contributed by atoms with Crippen molar-refractivity contribution in [3.05, 3.63) is 52.3 Å². The zero-order valence-electron chi connectivity index (χ0n) is 10.7. The summed E-state index contributed by atoms with van der Waals surface area (Å²) >= 11 is 5.97. The first-order valence-electron chi connectivity index (χ1n) is 5.87. The number of benzene rings is 1. The highest BCUT2D eigenvalue weighted by Gasteiger charge is 2.22. The van der Waals surface area contributed by atoms with Crippen molar-refractivity contribution in [2.45, 2.75) is 12.6 Å². The fourth-order valence-corrected chi connectivity index (χ4v) is 2.11. The largest absolute Gasteiger partial charge is 0.383 e. The van der Waals surface area contributed by atoms with Gasteiger partial charge in [-0.15, -0.1) is 0 Å². The highest BCUT2D eigenvalue weighted by atomic mass is 35.5. The van der Waals surface area contributed by atoms with E-state index in [2.05, 4.69) is 5.10 Å². The maximum Gasteiger partial charge on any atom is 0.132 e. The van der Waals surface area contributed by atoms with Gasteiger partial charge >= 0.3 is 0 Å². The number of aromatic nitrogens is 2. The molecule has 1 atom stereocenters. The summed E-state index contributed by atoms with van der Waals surface area (Å²) in [5, 5.41) is 14.5. The number of halogens is 3. The molecule has 0 aliphatic heterocycles. The van der Waals surface area contributed by atoms with Crippen LogP contribution < -0.4 is 0 Å². The van der Waals surface area contributed by atoms with Crippen LogP contribution in [0.2, 0.25) is 5.02 Å². The molecule has 0 radical (unpaired) electrons. The Morgan fingerprint density at radius 1 is 1.45 bits per heavy atom. The van der Waals surface area contributed by atoms with Gasteiger partial charge in [0, 0.05) is 18.7 Å². The van der Waals surface area contributed by atoms with Gasteiger partial charge in [0.25, 0.3) is 0 Å². The SMILES string of the molecule is COCCn1ncc(Cl)c1C(O)c1ccc(F)cc1F. The first-order valence-corrected chi connectivity index (χ1v) is 6.25. The lowest BCUT2D eigenvalue weighted by Crippen LogP contribution is -2.14. The van der Waals surface area contributed by atoms with Crippen molar-refractivity contribution in [1.29, 1.82) is 0 Å². The minimum Gasteiger partial charge on any atom is -0.383 e. The number of ether oxygens (including phenoxy) is 1. The lowest BCUT2D eigenvalue weighted by atomic mass is 10.1. The molecule has 0 saturated carbocycles. The summed E-state index contributed by atoms with van der Waals surface area (Å²) in [4.78, 5) is 0. The second-order valence-corrected chi connectivity index (χ2v) is 4.57. The van der Waals surface area contributed by atoms with E-state index in [1.54, 1.807) is 0 Å². The van der Waals surface area contributed by atoms with Gasteiger partial charge in [0.15, 0.2) is 0 Å². The molecule has 0 spiro atoms. The lowest BCUT2D eigenvalue weighted by molar-refractivity contribution is 0.170. The molecule has 2 aromatic rings. The topological polar surface area (TPSA) is 47.3 Å². The smallest absolute Gasteiger partial charge is 0.132 e. The van der Waals surface area contributed by atoms with Crippen molar-refractivity contribution >= 4 is 11.6 Å². The Bertz CT molecular complexity index is 604. The van der Waals surface area contributed by atoms with Crippen molar-refractivity contribution < 1.29 is 18.6 Å². The molecule has 0 fully saturated rings. The van der Waals surface area contributed by atoms with Gasteiger partial charge in [-0.25, -0.2) is 8.78 Å². The van der Waals surface area contributed by atoms with Gasteiger partial charge in [-0.3, -0.25) is 4.68 Å². The fourth-order valence-electron chi connectivity index (χ4n) is 1.87. The van der Waals surface area contributed by atoms with Gasteiger partial charge in [-0.05, 0) is 6.07 Å². The number of hydrogen-bond acceptors (Lipinski definition) is 3. The fraction of sp³-hybridized carbons (Fsp3) is 0.308. The van der Waals surface area contributed by atoms with E-state index in [9.17, 15) is 13.9 Å². The summed E-state index contributed by atoms with van der Waals surface area (Å²) in [6.45, 7) is 0.724. The Labute approximate surface area is 119 Å². The van der Waals surface area contributed by atoms with Crippen LogP contribution in [0, 0.1) is 11.6 Å². The average Bonchev–Trinajstić information content (AvgIpc) is 2.77. The molecule has 1 aromatic carbocycles. The first-order chi connectivity index (χ1) is 9.54. The summed E-state index contributed by atoms with van der Waals surface area (Å²) < 4.78 is 33.0. The number of aliphatic hydroxyl groups is 1. The van der Waals surface area contributed by atoms with Crippen LogP contribution in [-0.2, 0) is 11.3 Å². The first kappa shape index (κ1) is 14.9. The molecule has 1 N–H and O–H groups in total. The van der Waals surface area contributed by atoms with Crippen LogP contribution >= 0.6 is 11.6 Å². The van der Waals surface area contributed by atoms with E-state index >= 15 is 0 Å². The number of hydrogen-bond donors (Lipinski definition) is 1. The molecule has 0 bridgehead atoms. The van der Waals surface area contributed by atoms with Crippen LogP contribution in [0.3, 0.4) is 0 Å². The normalized spacial score (nSPS) is 12.7. The highest BCUT2D eigenvalue weighted by Crippen LogP contribution is 2.29. The second kappa shape index (κ2) is 6.30. The average molecular weight is 303 g/mol. The van der Waals surface area contributed by atoms with Crippen LogP contribution in [0.1, 0.15) is 17.4 Å². The van der Waals surface area contributed by atoms with E-state index < -0.39 is 17.7 Å². The van der Waals surface area contributed by atoms with Gasteiger partial charge in [0.2, 0.25) is 0 Å². The molecular formula is C13H13ClF2N2O2. The van der Waals surface area contributed by atoms with Crippen LogP contribution in [0.4, 0.5) is 8.78 Å². The molecule has 108 valence electrons. The second-order valence-electron chi connectivity index (χ2n) is 4.16. The Morgan fingerprint density at radius 2 is 2.20 bits per heavy atom. The standard InChI is InChI=1S/C13H13ClF2N2O2/c1-20-5-4-18-12(10(14)7-17-18)13(19)9-3-2-8(15)6-11(9)16/h2-3,6-7,13,19H,4-5H2,1H3. The van der Waals surface area contributed by atoms with Crippen LogP contribution in [0.15, 0.2) is 24.4 Å². The van der Waals surface area contributed by atoms with Gasteiger partial charge in [-0.2, -0.15) is 5.10 Å². The number of methoxy groups -OCH3 is 1. The maximum atomic E-state index is 13.7. The third kappa shape index (κ3) is 2.98. The minimum atomic E-state index is -1.33. The molecule has 0 aliphatic carbocycles. The van der Waals surface area contributed by atoms with E-state index in [4.69, 9.17) is 16.3 Å². The zero-order chi connectivity index (χ0) is 14.7. The molecule has 1 unspecified atom stereocenters. The van der Waals surface area contributed by atoms with E-state index in [1.165, 1.54) is 24.1 Å². The minimum absolute atomic E-state index is 0.0625. The summed E-state index contributed by atoms with van der Waals surface area (Å²) in [5.74, 6) is -1.55. The van der Waals surface area contributed by atoms with E-state index in [-0.39, 0.29) is 16.3 Å². The van der Waals surface area contributed by atoms with Crippen molar-refractivity contribution in [3.63, 3.8) is 0 Å². The molecule has 1 heterocycles. The van der Waals surface area contributed by atoms with Gasteiger partial charge in [0.05, 0.1) is 30.1 Å². The number of nitrogens with zero attached hydrogens (tertiary/aromatic N) is 2. The molecule has 7 heteroatoms. The molecular weight excluding hydrogens is 290 g/mol. The molecule has 20 heavy (non-hydrogen) atoms. The molecule has 0 amide bonds. The van der Waals surface area contributed by atoms with Crippen LogP contribution in [0.25, 0.3) is 0 Å². The molecule has 4 nitrogen and oxygen atoms in total. The van der Waals surface area contributed by atoms with E-state index in [0.29, 0.717) is 19.2 Å². The number of rotatable bonds is 5. The van der Waals surface area contributed by atoms with Crippen molar-refractivity contribution in [1.82, 2.24) is 9.78 Å². The molecule has 2 rings (SSSR count). The van der Waals surface area contributed by atoms with Crippen LogP contribution in [-0.4, -0.2) is 28.6 Å². The molecule has 1 aromatic heterocycles. The monoisotopic (exact) mass is 302 g/mol. The van der Waals surface area contributed by atoms with Crippen molar-refractivity contribution in [2.75, 3.05) is 13.7 Å². The number of aliphatic hydroxyl groups excluding tert-OH is 1. The predicted molar refractivity (Wildman–Crippen MR) is 69.5 cm³/mol. The van der Waals surface area contributed by atoms with E-state index in [0.717, 1.165) is 6.07 Å². The molecule has 0 saturated heterocycles. The van der Waals surface area contributed by atoms with Crippen molar-refractivity contribution in [2.24, 2.45) is 0 Å². The highest BCUT2D eigenvalue weighted by molar-refractivity contribution is 6.31. The van der Waals surface area contributed by atoms with Gasteiger partial charge in [0.1, 0.15) is 17.7 Å². The third-order valence-electron chi connectivity index (χ3n) is 2.86. The Balaban J connectivity index is 2.37. The predicted octanol–water partition coefficient (Wildman–Crippen LogP) is 2.54. The Morgan fingerprint density at radius 3 is 2.85 bits per heavy atom. The molecule has 0 aliphatic rings. The summed E-state index contributed by atoms with van der Waals surface area (Å²) in [5.41, 5.74) is 0.182. The van der Waals surface area contributed by atoms with Gasteiger partial charge < -0.3 is 9.84 Å². The van der Waals surface area contributed by atoms with Crippen LogP contribution in [0.5, 0.6) is 0 Å². The summed E-state index contributed by atoms with van der Waals surface area (Å²) in [7, 11) is 1.53. The third-order valence-corrected chi connectivity index (χ3v) is 3.15. The quantitative estimate of drug-likeness (QED) is 0.923. The maximum absolute atomic E-state index is 13.7. The Kier molecular flexibility index (Phi) is 4.69. The Hall–Kier alpha value is -1.50. The lowest BCUT2D eigenvalue weighted by Gasteiger charge is -2.15. The van der Waals surface area contributed by atoms with E-state index in [1.807, 2.05) is 0 Å². The zero-order valence-corrected chi connectivity index (χ0v) is 11.4. The van der Waals surface area contributed by atoms with Crippen molar-refractivity contribution in [3.8, 4) is 0 Å². The summed E-state index contributed by atoms with van der Waals surface area (Å²) in [6, 6.07) is 2.97. The summed E-state index contributed by atoms with van der Waals surface area (Å²) in [6.07, 6.45) is 0.0273. The van der Waals surface area contributed by atoms with Gasteiger partial charge in [-0.1, -0.05) is 17.7 Å².